The van der Waals surface area contributed by atoms with E-state index in [0.717, 1.165) is 0 Å². The van der Waals surface area contributed by atoms with E-state index in [1.165, 1.54) is 0 Å². The quantitative estimate of drug-likeness (QED) is 0.708. The zero-order valence-electron chi connectivity index (χ0n) is 6.57. The van der Waals surface area contributed by atoms with Gasteiger partial charge in [-0.05, 0) is 12.8 Å². The molecule has 1 N–H and O–H groups in total. The molecule has 0 radical (unpaired) electrons. The van der Waals surface area contributed by atoms with Gasteiger partial charge in [0, 0.05) is 5.92 Å². The summed E-state index contributed by atoms with van der Waals surface area (Å²) in [4.78, 5) is 10.1. The van der Waals surface area contributed by atoms with Crippen molar-refractivity contribution < 1.29 is 27.5 Å². The summed E-state index contributed by atoms with van der Waals surface area (Å²) in [6.45, 7) is 0. The summed E-state index contributed by atoms with van der Waals surface area (Å²) >= 11 is 0. The fourth-order valence-electron chi connectivity index (χ4n) is 1.24. The van der Waals surface area contributed by atoms with Crippen LogP contribution in [0.3, 0.4) is 0 Å². The maximum absolute atomic E-state index is 13.2. The second-order valence-electron chi connectivity index (χ2n) is 3.21. The average Bonchev–Trinajstić information content (AvgIpc) is 2.62. The van der Waals surface area contributed by atoms with Gasteiger partial charge in [0.05, 0.1) is 6.42 Å². The van der Waals surface area contributed by atoms with Crippen molar-refractivity contribution >= 4 is 5.97 Å². The van der Waals surface area contributed by atoms with Crippen molar-refractivity contribution in [2.75, 3.05) is 0 Å². The van der Waals surface area contributed by atoms with Crippen molar-refractivity contribution in [3.05, 3.63) is 0 Å². The molecular formula is C7H8F4O2. The van der Waals surface area contributed by atoms with E-state index < -0.39 is 30.2 Å². The van der Waals surface area contributed by atoms with Gasteiger partial charge in [-0.15, -0.1) is 0 Å². The third kappa shape index (κ3) is 1.92. The molecule has 0 aromatic heterocycles. The molecule has 6 heteroatoms. The van der Waals surface area contributed by atoms with Crippen LogP contribution in [0, 0.1) is 5.92 Å². The second kappa shape index (κ2) is 2.85. The van der Waals surface area contributed by atoms with Gasteiger partial charge >= 0.3 is 12.1 Å². The van der Waals surface area contributed by atoms with E-state index in [4.69, 9.17) is 5.11 Å². The number of alkyl halides is 4. The monoisotopic (exact) mass is 200 g/mol. The molecule has 0 aromatic rings. The molecule has 13 heavy (non-hydrogen) atoms. The molecule has 0 heterocycles. The molecule has 0 saturated heterocycles. The normalized spacial score (nSPS) is 22.5. The fraction of sp³-hybridized carbons (Fsp3) is 0.857. The maximum atomic E-state index is 13.2. The van der Waals surface area contributed by atoms with Gasteiger partial charge in [-0.3, -0.25) is 4.79 Å². The van der Waals surface area contributed by atoms with Gasteiger partial charge < -0.3 is 5.11 Å². The highest BCUT2D eigenvalue weighted by Gasteiger charge is 2.64. The van der Waals surface area contributed by atoms with Gasteiger partial charge in [-0.25, -0.2) is 4.39 Å². The molecule has 0 aromatic carbocycles. The third-order valence-corrected chi connectivity index (χ3v) is 2.10. The Hall–Kier alpha value is -0.810. The fourth-order valence-corrected chi connectivity index (χ4v) is 1.24. The number of aliphatic carboxylic acids is 1. The third-order valence-electron chi connectivity index (χ3n) is 2.10. The van der Waals surface area contributed by atoms with Gasteiger partial charge in [0.15, 0.2) is 0 Å². The Morgan fingerprint density at radius 1 is 1.31 bits per heavy atom. The predicted octanol–water partition coefficient (Wildman–Crippen LogP) is 2.14. The standard InChI is InChI=1S/C7H8F4O2/c8-6(3-5(12)13,4-1-2-4)7(9,10)11/h4H,1-3H2,(H,12,13). The summed E-state index contributed by atoms with van der Waals surface area (Å²) in [5, 5.41) is 8.15. The number of carboxylic acid groups (broad SMARTS) is 1. The summed E-state index contributed by atoms with van der Waals surface area (Å²) in [7, 11) is 0. The van der Waals surface area contributed by atoms with Crippen LogP contribution in [0.4, 0.5) is 17.6 Å². The van der Waals surface area contributed by atoms with E-state index in [2.05, 4.69) is 0 Å². The number of carbonyl (C=O) groups is 1. The minimum Gasteiger partial charge on any atom is -0.481 e. The topological polar surface area (TPSA) is 37.3 Å². The van der Waals surface area contributed by atoms with Crippen LogP contribution in [0.15, 0.2) is 0 Å². The number of hydrogen-bond acceptors (Lipinski definition) is 1. The molecule has 1 rings (SSSR count). The van der Waals surface area contributed by atoms with Gasteiger partial charge in [0.25, 0.3) is 0 Å². The van der Waals surface area contributed by atoms with Crippen LogP contribution in [-0.2, 0) is 4.79 Å². The highest BCUT2D eigenvalue weighted by molar-refractivity contribution is 5.68. The van der Waals surface area contributed by atoms with E-state index in [1.54, 1.807) is 0 Å². The lowest BCUT2D eigenvalue weighted by atomic mass is 9.95. The molecule has 0 bridgehead atoms. The number of hydrogen-bond donors (Lipinski definition) is 1. The van der Waals surface area contributed by atoms with Crippen LogP contribution in [0.25, 0.3) is 0 Å². The molecule has 1 fully saturated rings. The molecule has 0 amide bonds. The van der Waals surface area contributed by atoms with Crippen molar-refractivity contribution in [2.24, 2.45) is 5.92 Å². The van der Waals surface area contributed by atoms with E-state index in [0.29, 0.717) is 0 Å². The van der Waals surface area contributed by atoms with Crippen molar-refractivity contribution in [3.63, 3.8) is 0 Å². The van der Waals surface area contributed by atoms with Gasteiger partial charge in [-0.2, -0.15) is 13.2 Å². The van der Waals surface area contributed by atoms with Crippen LogP contribution in [0.5, 0.6) is 0 Å². The largest absolute Gasteiger partial charge is 0.481 e. The molecule has 2 nitrogen and oxygen atoms in total. The minimum atomic E-state index is -5.08. The van der Waals surface area contributed by atoms with E-state index in [9.17, 15) is 22.4 Å². The van der Waals surface area contributed by atoms with E-state index in [-0.39, 0.29) is 12.8 Å². The smallest absolute Gasteiger partial charge is 0.423 e. The Bertz CT molecular complexity index is 221. The molecule has 1 aliphatic carbocycles. The highest BCUT2D eigenvalue weighted by atomic mass is 19.4. The first-order valence-electron chi connectivity index (χ1n) is 3.75. The van der Waals surface area contributed by atoms with Crippen molar-refractivity contribution in [3.8, 4) is 0 Å². The van der Waals surface area contributed by atoms with E-state index >= 15 is 0 Å². The predicted molar refractivity (Wildman–Crippen MR) is 34.9 cm³/mol. The van der Waals surface area contributed by atoms with Crippen LogP contribution in [-0.4, -0.2) is 22.9 Å². The average molecular weight is 200 g/mol. The van der Waals surface area contributed by atoms with Gasteiger partial charge in [-0.1, -0.05) is 0 Å². The van der Waals surface area contributed by atoms with E-state index in [1.807, 2.05) is 0 Å². The van der Waals surface area contributed by atoms with Crippen LogP contribution in [0.2, 0.25) is 0 Å². The molecule has 1 atom stereocenters. The Labute approximate surface area is 71.5 Å². The molecule has 76 valence electrons. The Balaban J connectivity index is 2.80. The lowest BCUT2D eigenvalue weighted by Gasteiger charge is -2.25. The number of halogens is 4. The molecule has 0 aliphatic heterocycles. The Morgan fingerprint density at radius 3 is 2.00 bits per heavy atom. The lowest BCUT2D eigenvalue weighted by Crippen LogP contribution is -2.44. The second-order valence-corrected chi connectivity index (χ2v) is 3.21. The summed E-state index contributed by atoms with van der Waals surface area (Å²) in [6.07, 6.45) is -6.33. The first-order valence-corrected chi connectivity index (χ1v) is 3.75. The first-order chi connectivity index (χ1) is 5.77. The lowest BCUT2D eigenvalue weighted by molar-refractivity contribution is -0.241. The first kappa shape index (κ1) is 10.3. The minimum absolute atomic E-state index is 0.114. The van der Waals surface area contributed by atoms with Crippen molar-refractivity contribution in [1.29, 1.82) is 0 Å². The summed E-state index contributed by atoms with van der Waals surface area (Å²) in [6, 6.07) is 0. The van der Waals surface area contributed by atoms with Crippen molar-refractivity contribution in [2.45, 2.75) is 31.1 Å². The summed E-state index contributed by atoms with van der Waals surface area (Å²) in [5.41, 5.74) is -3.53. The molecule has 1 saturated carbocycles. The van der Waals surface area contributed by atoms with Crippen LogP contribution in [0.1, 0.15) is 19.3 Å². The molecule has 0 spiro atoms. The summed E-state index contributed by atoms with van der Waals surface area (Å²) in [5.74, 6) is -2.92. The molecule has 1 aliphatic rings. The summed E-state index contributed by atoms with van der Waals surface area (Å²) < 4.78 is 49.6. The maximum Gasteiger partial charge on any atom is 0.423 e. The number of carboxylic acids is 1. The zero-order valence-corrected chi connectivity index (χ0v) is 6.57. The van der Waals surface area contributed by atoms with Crippen LogP contribution >= 0.6 is 0 Å². The van der Waals surface area contributed by atoms with Crippen molar-refractivity contribution in [1.82, 2.24) is 0 Å². The Kier molecular flexibility index (Phi) is 2.25. The zero-order chi connectivity index (χ0) is 10.3. The Morgan fingerprint density at radius 2 is 1.77 bits per heavy atom. The molecule has 1 unspecified atom stereocenters. The highest BCUT2D eigenvalue weighted by Crippen LogP contribution is 2.52. The molecular weight excluding hydrogens is 192 g/mol. The van der Waals surface area contributed by atoms with Crippen LogP contribution < -0.4 is 0 Å². The van der Waals surface area contributed by atoms with Gasteiger partial charge in [0.2, 0.25) is 5.67 Å². The SMILES string of the molecule is O=C(O)CC(F)(C1CC1)C(F)(F)F. The van der Waals surface area contributed by atoms with Gasteiger partial charge in [0.1, 0.15) is 0 Å². The number of rotatable bonds is 3.